The summed E-state index contributed by atoms with van der Waals surface area (Å²) in [6.07, 6.45) is 0. The summed E-state index contributed by atoms with van der Waals surface area (Å²) in [7, 11) is 0. The lowest BCUT2D eigenvalue weighted by molar-refractivity contribution is -0.00430. The highest BCUT2D eigenvalue weighted by Gasteiger charge is 2.35. The van der Waals surface area contributed by atoms with Crippen LogP contribution in [0, 0.1) is 0 Å². The Bertz CT molecular complexity index is 910. The molecule has 0 bridgehead atoms. The van der Waals surface area contributed by atoms with Gasteiger partial charge in [0, 0.05) is 23.5 Å². The predicted octanol–water partition coefficient (Wildman–Crippen LogP) is 4.01. The maximum absolute atomic E-state index is 13.0. The van der Waals surface area contributed by atoms with E-state index in [9.17, 15) is 4.79 Å². The number of H-pyrrole nitrogens is 1. The van der Waals surface area contributed by atoms with Gasteiger partial charge in [0.25, 0.3) is 0 Å². The molecule has 1 aliphatic rings. The number of carbonyl (C=O) groups is 1. The van der Waals surface area contributed by atoms with Crippen LogP contribution in [0.15, 0.2) is 58.6 Å². The van der Waals surface area contributed by atoms with E-state index in [4.69, 9.17) is 4.74 Å². The molecule has 6 heteroatoms. The Morgan fingerprint density at radius 1 is 1.11 bits per heavy atom. The molecule has 0 spiro atoms. The number of ketones is 1. The first-order valence-electron chi connectivity index (χ1n) is 9.14. The number of hydrogen-bond donors (Lipinski definition) is 1. The lowest BCUT2D eigenvalue weighted by Gasteiger charge is -2.39. The molecule has 5 nitrogen and oxygen atoms in total. The van der Waals surface area contributed by atoms with E-state index in [0.29, 0.717) is 13.2 Å². The Balaban J connectivity index is 1.48. The number of morpholine rings is 1. The molecular formula is C21H23N3O2S. The molecule has 1 aromatic heterocycles. The molecule has 1 saturated heterocycles. The molecule has 4 rings (SSSR count). The third-order valence-corrected chi connectivity index (χ3v) is 5.95. The molecule has 2 heterocycles. The molecule has 2 aromatic carbocycles. The van der Waals surface area contributed by atoms with Gasteiger partial charge in [-0.1, -0.05) is 36.0 Å². The average molecular weight is 382 g/mol. The summed E-state index contributed by atoms with van der Waals surface area (Å²) in [5.41, 5.74) is 2.19. The number of ether oxygens (including phenoxy) is 1. The van der Waals surface area contributed by atoms with Crippen molar-refractivity contribution in [2.24, 2.45) is 0 Å². The van der Waals surface area contributed by atoms with Gasteiger partial charge in [-0.2, -0.15) is 0 Å². The molecule has 1 N–H and O–H groups in total. The summed E-state index contributed by atoms with van der Waals surface area (Å²) in [6.45, 7) is 6.94. The summed E-state index contributed by atoms with van der Waals surface area (Å²) >= 11 is 1.56. The molecule has 27 heavy (non-hydrogen) atoms. The van der Waals surface area contributed by atoms with Crippen molar-refractivity contribution >= 4 is 28.6 Å². The zero-order valence-corrected chi connectivity index (χ0v) is 16.4. The number of imidazole rings is 1. The Morgan fingerprint density at radius 3 is 2.52 bits per heavy atom. The van der Waals surface area contributed by atoms with Gasteiger partial charge in [0.05, 0.1) is 29.8 Å². The number of Topliss-reactive ketones (excluding diaryl/α,β-unsaturated/α-hetero) is 1. The summed E-state index contributed by atoms with van der Waals surface area (Å²) < 4.78 is 5.41. The van der Waals surface area contributed by atoms with Gasteiger partial charge >= 0.3 is 0 Å². The van der Waals surface area contributed by atoms with Gasteiger partial charge in [0.1, 0.15) is 0 Å². The molecule has 3 aromatic rings. The predicted molar refractivity (Wildman–Crippen MR) is 107 cm³/mol. The van der Waals surface area contributed by atoms with Crippen molar-refractivity contribution in [1.29, 1.82) is 0 Å². The summed E-state index contributed by atoms with van der Waals surface area (Å²) in [5.74, 6) is 0.143. The first-order valence-corrected chi connectivity index (χ1v) is 9.96. The minimum atomic E-state index is -0.531. The average Bonchev–Trinajstić information content (AvgIpc) is 3.11. The molecule has 0 amide bonds. The van der Waals surface area contributed by atoms with Gasteiger partial charge in [0.15, 0.2) is 10.9 Å². The van der Waals surface area contributed by atoms with Crippen LogP contribution in [0.5, 0.6) is 0 Å². The van der Waals surface area contributed by atoms with E-state index >= 15 is 0 Å². The van der Waals surface area contributed by atoms with Gasteiger partial charge < -0.3 is 9.72 Å². The summed E-state index contributed by atoms with van der Waals surface area (Å²) in [6, 6.07) is 15.8. The van der Waals surface area contributed by atoms with Crippen LogP contribution in [0.3, 0.4) is 0 Å². The minimum absolute atomic E-state index is 0.143. The van der Waals surface area contributed by atoms with E-state index in [2.05, 4.69) is 14.9 Å². The second-order valence-electron chi connectivity index (χ2n) is 7.17. The van der Waals surface area contributed by atoms with Gasteiger partial charge in [-0.25, -0.2) is 4.98 Å². The molecule has 0 unspecified atom stereocenters. The number of benzene rings is 2. The van der Waals surface area contributed by atoms with Gasteiger partial charge in [0.2, 0.25) is 0 Å². The van der Waals surface area contributed by atoms with Crippen molar-refractivity contribution in [1.82, 2.24) is 14.9 Å². The highest BCUT2D eigenvalue weighted by atomic mass is 32.2. The van der Waals surface area contributed by atoms with Crippen molar-refractivity contribution in [2.75, 3.05) is 26.3 Å². The number of rotatable bonds is 5. The molecule has 0 aliphatic carbocycles. The second-order valence-corrected chi connectivity index (χ2v) is 8.24. The molecule has 0 atom stereocenters. The van der Waals surface area contributed by atoms with Crippen molar-refractivity contribution < 1.29 is 9.53 Å². The van der Waals surface area contributed by atoms with Crippen molar-refractivity contribution in [3.8, 4) is 0 Å². The van der Waals surface area contributed by atoms with Crippen LogP contribution < -0.4 is 0 Å². The zero-order valence-electron chi connectivity index (χ0n) is 15.6. The van der Waals surface area contributed by atoms with E-state index in [1.807, 2.05) is 62.4 Å². The Labute approximate surface area is 163 Å². The maximum Gasteiger partial charge on any atom is 0.182 e. The van der Waals surface area contributed by atoms with Crippen LogP contribution in [0.1, 0.15) is 24.2 Å². The van der Waals surface area contributed by atoms with Crippen LogP contribution >= 0.6 is 11.8 Å². The number of nitrogens with zero attached hydrogens (tertiary/aromatic N) is 2. The lowest BCUT2D eigenvalue weighted by atomic mass is 9.91. The molecule has 0 radical (unpaired) electrons. The topological polar surface area (TPSA) is 58.2 Å². The van der Waals surface area contributed by atoms with Gasteiger partial charge in [-0.05, 0) is 38.1 Å². The van der Waals surface area contributed by atoms with Gasteiger partial charge in [-0.3, -0.25) is 9.69 Å². The fourth-order valence-electron chi connectivity index (χ4n) is 3.38. The molecule has 140 valence electrons. The fraction of sp³-hybridized carbons (Fsp3) is 0.333. The van der Waals surface area contributed by atoms with Crippen molar-refractivity contribution in [3.63, 3.8) is 0 Å². The van der Waals surface area contributed by atoms with Crippen LogP contribution in [0.4, 0.5) is 0 Å². The lowest BCUT2D eigenvalue weighted by Crippen LogP contribution is -2.54. The van der Waals surface area contributed by atoms with Crippen LogP contribution in [0.25, 0.3) is 11.0 Å². The monoisotopic (exact) mass is 381 g/mol. The quantitative estimate of drug-likeness (QED) is 0.677. The fourth-order valence-corrected chi connectivity index (χ4v) is 4.18. The standard InChI is InChI=1S/C21H23N3O2S/c1-21(2,24-11-13-26-14-12-24)19(25)15-7-9-16(10-8-15)27-20-22-17-5-3-4-6-18(17)23-20/h3-10H,11-14H2,1-2H3,(H,22,23). The number of hydrogen-bond acceptors (Lipinski definition) is 5. The number of aromatic nitrogens is 2. The van der Waals surface area contributed by atoms with Crippen molar-refractivity contribution in [2.45, 2.75) is 29.4 Å². The Morgan fingerprint density at radius 2 is 1.81 bits per heavy atom. The van der Waals surface area contributed by atoms with Crippen molar-refractivity contribution in [3.05, 3.63) is 54.1 Å². The largest absolute Gasteiger partial charge is 0.379 e. The number of aromatic amines is 1. The van der Waals surface area contributed by atoms with Crippen LogP contribution in [0.2, 0.25) is 0 Å². The van der Waals surface area contributed by atoms with E-state index in [-0.39, 0.29) is 5.78 Å². The molecule has 1 aliphatic heterocycles. The SMILES string of the molecule is CC(C)(C(=O)c1ccc(Sc2nc3ccccc3[nH]2)cc1)N1CCOCC1. The Hall–Kier alpha value is -2.15. The first kappa shape index (κ1) is 18.2. The number of nitrogens with one attached hydrogen (secondary N) is 1. The van der Waals surface area contributed by atoms with E-state index < -0.39 is 5.54 Å². The van der Waals surface area contributed by atoms with E-state index in [1.165, 1.54) is 0 Å². The maximum atomic E-state index is 13.0. The molecular weight excluding hydrogens is 358 g/mol. The third kappa shape index (κ3) is 3.78. The van der Waals surface area contributed by atoms with Crippen LogP contribution in [-0.2, 0) is 4.74 Å². The normalized spacial score (nSPS) is 15.9. The third-order valence-electron chi connectivity index (χ3n) is 5.06. The first-order chi connectivity index (χ1) is 13.0. The highest BCUT2D eigenvalue weighted by molar-refractivity contribution is 7.99. The molecule has 0 saturated carbocycles. The number of carbonyl (C=O) groups excluding carboxylic acids is 1. The van der Waals surface area contributed by atoms with Crippen LogP contribution in [-0.4, -0.2) is 52.5 Å². The smallest absolute Gasteiger partial charge is 0.182 e. The minimum Gasteiger partial charge on any atom is -0.379 e. The highest BCUT2D eigenvalue weighted by Crippen LogP contribution is 2.28. The summed E-state index contributed by atoms with van der Waals surface area (Å²) in [5, 5.41) is 0.851. The molecule has 1 fully saturated rings. The number of para-hydroxylation sites is 2. The number of fused-ring (bicyclic) bond motifs is 1. The summed E-state index contributed by atoms with van der Waals surface area (Å²) in [4.78, 5) is 24.2. The zero-order chi connectivity index (χ0) is 18.9. The van der Waals surface area contributed by atoms with E-state index in [1.54, 1.807) is 11.8 Å². The van der Waals surface area contributed by atoms with E-state index in [0.717, 1.165) is 39.7 Å². The second kappa shape index (κ2) is 7.46. The van der Waals surface area contributed by atoms with Gasteiger partial charge in [-0.15, -0.1) is 0 Å². The Kier molecular flexibility index (Phi) is 5.04.